The van der Waals surface area contributed by atoms with Crippen molar-refractivity contribution in [1.82, 2.24) is 15.1 Å². The number of hydrogen-bond donors (Lipinski definition) is 2. The van der Waals surface area contributed by atoms with Gasteiger partial charge in [-0.25, -0.2) is 0 Å². The normalized spacial score (nSPS) is 10.4. The van der Waals surface area contributed by atoms with E-state index < -0.39 is 5.56 Å². The molecule has 0 aliphatic carbocycles. The molecule has 0 unspecified atom stereocenters. The molecule has 172 valence electrons. The van der Waals surface area contributed by atoms with Gasteiger partial charge in [-0.15, -0.1) is 0 Å². The number of amides is 1. The van der Waals surface area contributed by atoms with Crippen molar-refractivity contribution in [3.8, 4) is 22.9 Å². The zero-order valence-corrected chi connectivity index (χ0v) is 18.8. The van der Waals surface area contributed by atoms with Crippen LogP contribution in [0.2, 0.25) is 0 Å². The Morgan fingerprint density at radius 2 is 1.74 bits per heavy atom. The van der Waals surface area contributed by atoms with Crippen LogP contribution in [-0.4, -0.2) is 29.3 Å². The molecular formula is C26H24N4O4. The van der Waals surface area contributed by atoms with Crippen molar-refractivity contribution >= 4 is 17.3 Å². The van der Waals surface area contributed by atoms with Crippen molar-refractivity contribution in [3.63, 3.8) is 0 Å². The van der Waals surface area contributed by atoms with Gasteiger partial charge >= 0.3 is 0 Å². The van der Waals surface area contributed by atoms with E-state index in [0.717, 1.165) is 0 Å². The first kappa shape index (κ1) is 22.6. The maximum absolute atomic E-state index is 13.5. The summed E-state index contributed by atoms with van der Waals surface area (Å²) < 4.78 is 12.4. The molecule has 0 aliphatic rings. The molecule has 34 heavy (non-hydrogen) atoms. The van der Waals surface area contributed by atoms with E-state index in [2.05, 4.69) is 15.7 Å². The molecule has 1 amide bonds. The van der Waals surface area contributed by atoms with Gasteiger partial charge in [0.1, 0.15) is 11.5 Å². The molecule has 0 saturated carbocycles. The number of carbonyl (C=O) groups is 1. The summed E-state index contributed by atoms with van der Waals surface area (Å²) in [6.07, 6.45) is 1.48. The molecule has 0 saturated heterocycles. The van der Waals surface area contributed by atoms with Crippen molar-refractivity contribution in [2.75, 3.05) is 19.0 Å². The van der Waals surface area contributed by atoms with Crippen LogP contribution in [0.5, 0.6) is 17.2 Å². The molecule has 0 fully saturated rings. The van der Waals surface area contributed by atoms with Gasteiger partial charge in [0.15, 0.2) is 11.4 Å². The lowest BCUT2D eigenvalue weighted by Crippen LogP contribution is -2.24. The van der Waals surface area contributed by atoms with E-state index in [0.29, 0.717) is 35.0 Å². The third kappa shape index (κ3) is 5.07. The Morgan fingerprint density at radius 1 is 0.971 bits per heavy atom. The molecule has 0 radical (unpaired) electrons. The average Bonchev–Trinajstić information content (AvgIpc) is 2.87. The van der Waals surface area contributed by atoms with Crippen LogP contribution >= 0.6 is 0 Å². The SMILES string of the molecule is CCNC(=O)c1cccc(Nc2c(Oc3ccccc3)cnn(-c3ccc(OC)cc3)c2=O)c1. The third-order valence-corrected chi connectivity index (χ3v) is 4.96. The van der Waals surface area contributed by atoms with Crippen molar-refractivity contribution < 1.29 is 14.3 Å². The number of methoxy groups -OCH3 is 1. The molecular weight excluding hydrogens is 432 g/mol. The minimum atomic E-state index is -0.415. The highest BCUT2D eigenvalue weighted by molar-refractivity contribution is 5.95. The number of nitrogens with one attached hydrogen (secondary N) is 2. The molecule has 8 heteroatoms. The summed E-state index contributed by atoms with van der Waals surface area (Å²) in [5, 5.41) is 10.2. The highest BCUT2D eigenvalue weighted by Gasteiger charge is 2.16. The first-order chi connectivity index (χ1) is 16.6. The predicted molar refractivity (Wildman–Crippen MR) is 131 cm³/mol. The van der Waals surface area contributed by atoms with Crippen molar-refractivity contribution in [3.05, 3.63) is 101 Å². The Kier molecular flexibility index (Phi) is 6.88. The van der Waals surface area contributed by atoms with Gasteiger partial charge < -0.3 is 20.1 Å². The van der Waals surface area contributed by atoms with Crippen LogP contribution in [0.15, 0.2) is 89.9 Å². The Morgan fingerprint density at radius 3 is 2.44 bits per heavy atom. The van der Waals surface area contributed by atoms with Crippen LogP contribution < -0.4 is 25.7 Å². The van der Waals surface area contributed by atoms with Crippen molar-refractivity contribution in [2.24, 2.45) is 0 Å². The largest absolute Gasteiger partial charge is 0.497 e. The van der Waals surface area contributed by atoms with Crippen LogP contribution in [0.3, 0.4) is 0 Å². The highest BCUT2D eigenvalue weighted by Crippen LogP contribution is 2.29. The van der Waals surface area contributed by atoms with Gasteiger partial charge in [-0.05, 0) is 61.5 Å². The van der Waals surface area contributed by atoms with Crippen LogP contribution in [0.4, 0.5) is 11.4 Å². The van der Waals surface area contributed by atoms with E-state index in [-0.39, 0.29) is 17.3 Å². The molecule has 0 aliphatic heterocycles. The lowest BCUT2D eigenvalue weighted by atomic mass is 10.2. The monoisotopic (exact) mass is 456 g/mol. The number of hydrogen-bond acceptors (Lipinski definition) is 6. The molecule has 1 heterocycles. The Bertz CT molecular complexity index is 1340. The highest BCUT2D eigenvalue weighted by atomic mass is 16.5. The second-order valence-corrected chi connectivity index (χ2v) is 7.28. The lowest BCUT2D eigenvalue weighted by molar-refractivity contribution is 0.0956. The Hall–Kier alpha value is -4.59. The zero-order valence-electron chi connectivity index (χ0n) is 18.8. The number of carbonyl (C=O) groups excluding carboxylic acids is 1. The Balaban J connectivity index is 1.76. The first-order valence-corrected chi connectivity index (χ1v) is 10.7. The standard InChI is InChI=1S/C26H24N4O4/c1-3-27-25(31)18-8-7-9-19(16-18)29-24-23(34-22-10-5-4-6-11-22)17-28-30(26(24)32)20-12-14-21(33-2)15-13-20/h4-17,29H,3H2,1-2H3,(H,27,31). The number of ether oxygens (including phenoxy) is 2. The molecule has 0 atom stereocenters. The average molecular weight is 457 g/mol. The minimum absolute atomic E-state index is 0.183. The summed E-state index contributed by atoms with van der Waals surface area (Å²) in [5.41, 5.74) is 1.37. The number of benzene rings is 3. The van der Waals surface area contributed by atoms with Gasteiger partial charge in [-0.2, -0.15) is 9.78 Å². The first-order valence-electron chi connectivity index (χ1n) is 10.7. The van der Waals surface area contributed by atoms with Gasteiger partial charge in [-0.3, -0.25) is 9.59 Å². The van der Waals surface area contributed by atoms with E-state index >= 15 is 0 Å². The molecule has 3 aromatic carbocycles. The number of rotatable bonds is 8. The quantitative estimate of drug-likeness (QED) is 0.405. The fourth-order valence-electron chi connectivity index (χ4n) is 3.30. The molecule has 8 nitrogen and oxygen atoms in total. The van der Waals surface area contributed by atoms with E-state index in [9.17, 15) is 9.59 Å². The fourth-order valence-corrected chi connectivity index (χ4v) is 3.30. The molecule has 2 N–H and O–H groups in total. The number of anilines is 2. The molecule has 4 rings (SSSR count). The summed E-state index contributed by atoms with van der Waals surface area (Å²) in [4.78, 5) is 25.8. The third-order valence-electron chi connectivity index (χ3n) is 4.96. The second-order valence-electron chi connectivity index (χ2n) is 7.28. The van der Waals surface area contributed by atoms with Gasteiger partial charge in [-0.1, -0.05) is 24.3 Å². The lowest BCUT2D eigenvalue weighted by Gasteiger charge is -2.15. The van der Waals surface area contributed by atoms with Crippen molar-refractivity contribution in [2.45, 2.75) is 6.92 Å². The molecule has 4 aromatic rings. The summed E-state index contributed by atoms with van der Waals surface area (Å²) in [6.45, 7) is 2.37. The van der Waals surface area contributed by atoms with Crippen LogP contribution in [-0.2, 0) is 0 Å². The number of nitrogens with zero attached hydrogens (tertiary/aromatic N) is 2. The summed E-state index contributed by atoms with van der Waals surface area (Å²) in [7, 11) is 1.58. The van der Waals surface area contributed by atoms with Crippen molar-refractivity contribution in [1.29, 1.82) is 0 Å². The van der Waals surface area contributed by atoms with E-state index in [1.54, 1.807) is 67.8 Å². The maximum Gasteiger partial charge on any atom is 0.299 e. The fraction of sp³-hybridized carbons (Fsp3) is 0.115. The van der Waals surface area contributed by atoms with Crippen LogP contribution in [0, 0.1) is 0 Å². The maximum atomic E-state index is 13.5. The second kappa shape index (κ2) is 10.4. The number of aromatic nitrogens is 2. The Labute approximate surface area is 196 Å². The van der Waals surface area contributed by atoms with E-state index in [1.165, 1.54) is 10.9 Å². The van der Waals surface area contributed by atoms with Gasteiger partial charge in [0.05, 0.1) is 19.0 Å². The van der Waals surface area contributed by atoms with Gasteiger partial charge in [0.2, 0.25) is 0 Å². The van der Waals surface area contributed by atoms with E-state index in [1.807, 2.05) is 25.1 Å². The number of para-hydroxylation sites is 1. The topological polar surface area (TPSA) is 94.5 Å². The van der Waals surface area contributed by atoms with Crippen LogP contribution in [0.1, 0.15) is 17.3 Å². The summed E-state index contributed by atoms with van der Waals surface area (Å²) in [5.74, 6) is 1.29. The molecule has 0 spiro atoms. The van der Waals surface area contributed by atoms with E-state index in [4.69, 9.17) is 9.47 Å². The summed E-state index contributed by atoms with van der Waals surface area (Å²) >= 11 is 0. The predicted octanol–water partition coefficient (Wildman–Crippen LogP) is 4.53. The molecule has 0 bridgehead atoms. The van der Waals surface area contributed by atoms with Gasteiger partial charge in [0.25, 0.3) is 11.5 Å². The summed E-state index contributed by atoms with van der Waals surface area (Å²) in [6, 6.07) is 23.0. The molecule has 1 aromatic heterocycles. The van der Waals surface area contributed by atoms with Crippen LogP contribution in [0.25, 0.3) is 5.69 Å². The van der Waals surface area contributed by atoms with Gasteiger partial charge in [0, 0.05) is 17.8 Å². The zero-order chi connectivity index (χ0) is 23.9. The minimum Gasteiger partial charge on any atom is -0.497 e. The smallest absolute Gasteiger partial charge is 0.299 e.